The van der Waals surface area contributed by atoms with Gasteiger partial charge in [0.25, 0.3) is 5.91 Å². The van der Waals surface area contributed by atoms with E-state index in [1.807, 2.05) is 0 Å². The SMILES string of the molecule is O=C(Nc1cccc(Cl)c1)c1cc(F)c([N+](=O)[O-])cc1F. The van der Waals surface area contributed by atoms with Crippen molar-refractivity contribution in [2.24, 2.45) is 0 Å². The maximum absolute atomic E-state index is 13.7. The van der Waals surface area contributed by atoms with Crippen LogP contribution in [0.5, 0.6) is 0 Å². The number of halogens is 3. The molecule has 1 amide bonds. The van der Waals surface area contributed by atoms with Crippen LogP contribution >= 0.6 is 11.6 Å². The Morgan fingerprint density at radius 1 is 1.19 bits per heavy atom. The molecule has 5 nitrogen and oxygen atoms in total. The predicted molar refractivity (Wildman–Crippen MR) is 72.4 cm³/mol. The smallest absolute Gasteiger partial charge is 0.307 e. The van der Waals surface area contributed by atoms with Crippen LogP contribution in [0.2, 0.25) is 5.02 Å². The van der Waals surface area contributed by atoms with Gasteiger partial charge in [-0.1, -0.05) is 17.7 Å². The van der Waals surface area contributed by atoms with Gasteiger partial charge in [0.15, 0.2) is 0 Å². The van der Waals surface area contributed by atoms with Gasteiger partial charge >= 0.3 is 5.69 Å². The quantitative estimate of drug-likeness (QED) is 0.692. The highest BCUT2D eigenvalue weighted by Crippen LogP contribution is 2.22. The van der Waals surface area contributed by atoms with Crippen LogP contribution in [-0.4, -0.2) is 10.8 Å². The third kappa shape index (κ3) is 3.32. The maximum atomic E-state index is 13.7. The molecule has 0 spiro atoms. The lowest BCUT2D eigenvalue weighted by Gasteiger charge is -2.07. The fourth-order valence-corrected chi connectivity index (χ4v) is 1.81. The van der Waals surface area contributed by atoms with E-state index in [4.69, 9.17) is 11.6 Å². The zero-order chi connectivity index (χ0) is 15.6. The molecule has 0 bridgehead atoms. The summed E-state index contributed by atoms with van der Waals surface area (Å²) >= 11 is 5.73. The topological polar surface area (TPSA) is 72.2 Å². The summed E-state index contributed by atoms with van der Waals surface area (Å²) in [6.45, 7) is 0. The van der Waals surface area contributed by atoms with Crippen LogP contribution in [0.15, 0.2) is 36.4 Å². The summed E-state index contributed by atoms with van der Waals surface area (Å²) < 4.78 is 27.1. The van der Waals surface area contributed by atoms with Gasteiger partial charge in [-0.15, -0.1) is 0 Å². The van der Waals surface area contributed by atoms with Crippen molar-refractivity contribution in [2.75, 3.05) is 5.32 Å². The van der Waals surface area contributed by atoms with E-state index < -0.39 is 33.7 Å². The van der Waals surface area contributed by atoms with Crippen molar-refractivity contribution in [3.05, 3.63) is 68.7 Å². The van der Waals surface area contributed by atoms with Crippen molar-refractivity contribution in [3.63, 3.8) is 0 Å². The van der Waals surface area contributed by atoms with Crippen LogP contribution in [0.4, 0.5) is 20.2 Å². The molecule has 0 aliphatic rings. The molecule has 108 valence electrons. The van der Waals surface area contributed by atoms with Crippen LogP contribution in [-0.2, 0) is 0 Å². The summed E-state index contributed by atoms with van der Waals surface area (Å²) in [6.07, 6.45) is 0. The first kappa shape index (κ1) is 14.9. The van der Waals surface area contributed by atoms with Gasteiger partial charge in [0.2, 0.25) is 5.82 Å². The minimum absolute atomic E-state index is 0.283. The zero-order valence-electron chi connectivity index (χ0n) is 10.3. The maximum Gasteiger partial charge on any atom is 0.307 e. The Labute approximate surface area is 122 Å². The van der Waals surface area contributed by atoms with Gasteiger partial charge in [0.05, 0.1) is 16.6 Å². The minimum atomic E-state index is -1.29. The van der Waals surface area contributed by atoms with Gasteiger partial charge in [-0.05, 0) is 24.3 Å². The third-order valence-corrected chi connectivity index (χ3v) is 2.80. The molecule has 0 radical (unpaired) electrons. The normalized spacial score (nSPS) is 10.2. The number of amides is 1. The van der Waals surface area contributed by atoms with Gasteiger partial charge in [-0.25, -0.2) is 4.39 Å². The molecule has 0 atom stereocenters. The van der Waals surface area contributed by atoms with Crippen LogP contribution in [0.25, 0.3) is 0 Å². The Hall–Kier alpha value is -2.54. The van der Waals surface area contributed by atoms with Crippen molar-refractivity contribution >= 4 is 28.9 Å². The minimum Gasteiger partial charge on any atom is -0.322 e. The number of nitrogens with zero attached hydrogens (tertiary/aromatic N) is 1. The van der Waals surface area contributed by atoms with Gasteiger partial charge < -0.3 is 5.32 Å². The molecule has 2 aromatic rings. The number of hydrogen-bond acceptors (Lipinski definition) is 3. The molecule has 0 aliphatic heterocycles. The van der Waals surface area contributed by atoms with Crippen molar-refractivity contribution in [1.29, 1.82) is 0 Å². The second-order valence-corrected chi connectivity index (χ2v) is 4.44. The number of carbonyl (C=O) groups excluding carboxylic acids is 1. The number of nitro groups is 1. The Kier molecular flexibility index (Phi) is 4.13. The van der Waals surface area contributed by atoms with E-state index in [9.17, 15) is 23.7 Å². The van der Waals surface area contributed by atoms with Crippen molar-refractivity contribution in [2.45, 2.75) is 0 Å². The molecule has 0 fully saturated rings. The van der Waals surface area contributed by atoms with E-state index in [0.29, 0.717) is 17.2 Å². The van der Waals surface area contributed by atoms with E-state index in [2.05, 4.69) is 5.32 Å². The summed E-state index contributed by atoms with van der Waals surface area (Å²) in [6, 6.07) is 6.90. The summed E-state index contributed by atoms with van der Waals surface area (Å²) in [7, 11) is 0. The molecule has 21 heavy (non-hydrogen) atoms. The second-order valence-electron chi connectivity index (χ2n) is 4.01. The summed E-state index contributed by atoms with van der Waals surface area (Å²) in [5.41, 5.74) is -1.39. The van der Waals surface area contributed by atoms with E-state index in [0.717, 1.165) is 0 Å². The van der Waals surface area contributed by atoms with Gasteiger partial charge in [-0.2, -0.15) is 4.39 Å². The average molecular weight is 313 g/mol. The van der Waals surface area contributed by atoms with Crippen LogP contribution < -0.4 is 5.32 Å². The van der Waals surface area contributed by atoms with Gasteiger partial charge in [-0.3, -0.25) is 14.9 Å². The predicted octanol–water partition coefficient (Wildman–Crippen LogP) is 3.78. The number of carbonyl (C=O) groups is 1. The van der Waals surface area contributed by atoms with Gasteiger partial charge in [0, 0.05) is 10.7 Å². The lowest BCUT2D eigenvalue weighted by Crippen LogP contribution is -2.14. The third-order valence-electron chi connectivity index (χ3n) is 2.56. The highest BCUT2D eigenvalue weighted by atomic mass is 35.5. The number of anilines is 1. The molecule has 8 heteroatoms. The van der Waals surface area contributed by atoms with Crippen LogP contribution in [0.1, 0.15) is 10.4 Å². The van der Waals surface area contributed by atoms with E-state index in [1.54, 1.807) is 12.1 Å². The first-order chi connectivity index (χ1) is 9.88. The lowest BCUT2D eigenvalue weighted by molar-refractivity contribution is -0.387. The molecule has 1 N–H and O–H groups in total. The highest BCUT2D eigenvalue weighted by Gasteiger charge is 2.22. The van der Waals surface area contributed by atoms with Crippen molar-refractivity contribution in [1.82, 2.24) is 0 Å². The molecule has 0 saturated heterocycles. The average Bonchev–Trinajstić information content (AvgIpc) is 2.40. The molecule has 0 aromatic heterocycles. The standard InChI is InChI=1S/C13H7ClF2N2O3/c14-7-2-1-3-8(4-7)17-13(19)9-5-11(16)12(18(20)21)6-10(9)15/h1-6H,(H,17,19). The summed E-state index contributed by atoms with van der Waals surface area (Å²) in [5, 5.41) is 13.1. The van der Waals surface area contributed by atoms with E-state index >= 15 is 0 Å². The molecule has 0 saturated carbocycles. The Morgan fingerprint density at radius 2 is 1.90 bits per heavy atom. The molecule has 0 heterocycles. The number of hydrogen-bond donors (Lipinski definition) is 1. The summed E-state index contributed by atoms with van der Waals surface area (Å²) in [5.74, 6) is -3.43. The molecule has 2 aromatic carbocycles. The van der Waals surface area contributed by atoms with E-state index in [-0.39, 0.29) is 5.69 Å². The summed E-state index contributed by atoms with van der Waals surface area (Å²) in [4.78, 5) is 21.2. The number of benzene rings is 2. The zero-order valence-corrected chi connectivity index (χ0v) is 11.0. The number of nitrogens with one attached hydrogen (secondary N) is 1. The van der Waals surface area contributed by atoms with E-state index in [1.165, 1.54) is 12.1 Å². The first-order valence-electron chi connectivity index (χ1n) is 5.59. The lowest BCUT2D eigenvalue weighted by atomic mass is 10.1. The molecule has 0 unspecified atom stereocenters. The Morgan fingerprint density at radius 3 is 2.52 bits per heavy atom. The molecule has 0 aliphatic carbocycles. The fourth-order valence-electron chi connectivity index (χ4n) is 1.61. The molecule has 2 rings (SSSR count). The Bertz CT molecular complexity index is 737. The van der Waals surface area contributed by atoms with Crippen LogP contribution in [0, 0.1) is 21.7 Å². The Balaban J connectivity index is 2.31. The highest BCUT2D eigenvalue weighted by molar-refractivity contribution is 6.30. The van der Waals surface area contributed by atoms with Crippen molar-refractivity contribution in [3.8, 4) is 0 Å². The number of rotatable bonds is 3. The van der Waals surface area contributed by atoms with Gasteiger partial charge in [0.1, 0.15) is 5.82 Å². The van der Waals surface area contributed by atoms with Crippen molar-refractivity contribution < 1.29 is 18.5 Å². The largest absolute Gasteiger partial charge is 0.322 e. The number of nitro benzene ring substituents is 1. The second kappa shape index (κ2) is 5.84. The van der Waals surface area contributed by atoms with Crippen LogP contribution in [0.3, 0.4) is 0 Å². The first-order valence-corrected chi connectivity index (χ1v) is 5.96. The fraction of sp³-hybridized carbons (Fsp3) is 0. The molecular weight excluding hydrogens is 306 g/mol. The monoisotopic (exact) mass is 312 g/mol. The molecular formula is C13H7ClF2N2O3.